The normalized spacial score (nSPS) is 11.4. The number of H-pyrrole nitrogens is 1. The van der Waals surface area contributed by atoms with Gasteiger partial charge in [0, 0.05) is 12.6 Å². The third-order valence-corrected chi connectivity index (χ3v) is 3.10. The van der Waals surface area contributed by atoms with E-state index in [0.717, 1.165) is 22.3 Å². The fourth-order valence-electron chi connectivity index (χ4n) is 2.33. The molecule has 2 aromatic rings. The van der Waals surface area contributed by atoms with Crippen molar-refractivity contribution in [2.45, 2.75) is 33.6 Å². The Hall–Kier alpha value is -1.78. The van der Waals surface area contributed by atoms with Crippen LogP contribution in [0.25, 0.3) is 11.0 Å². The SMILES string of the molecule is CCOC(=O)c1[nH]c2c(C(C)C)n(C)nc2c1C. The number of nitrogens with one attached hydrogen (secondary N) is 1. The summed E-state index contributed by atoms with van der Waals surface area (Å²) in [7, 11) is 1.92. The van der Waals surface area contributed by atoms with Gasteiger partial charge in [-0.3, -0.25) is 4.68 Å². The van der Waals surface area contributed by atoms with Crippen molar-refractivity contribution in [1.29, 1.82) is 0 Å². The topological polar surface area (TPSA) is 59.9 Å². The molecular weight excluding hydrogens is 230 g/mol. The largest absolute Gasteiger partial charge is 0.461 e. The maximum Gasteiger partial charge on any atom is 0.355 e. The van der Waals surface area contributed by atoms with E-state index in [1.807, 2.05) is 18.7 Å². The number of ether oxygens (including phenoxy) is 1. The zero-order chi connectivity index (χ0) is 13.4. The van der Waals surface area contributed by atoms with E-state index < -0.39 is 0 Å². The lowest BCUT2D eigenvalue weighted by molar-refractivity contribution is 0.0519. The Labute approximate surface area is 106 Å². The van der Waals surface area contributed by atoms with E-state index in [0.29, 0.717) is 18.2 Å². The van der Waals surface area contributed by atoms with Crippen molar-refractivity contribution in [2.75, 3.05) is 6.61 Å². The van der Waals surface area contributed by atoms with E-state index in [-0.39, 0.29) is 5.97 Å². The quantitative estimate of drug-likeness (QED) is 0.850. The average Bonchev–Trinajstić information content (AvgIpc) is 2.75. The van der Waals surface area contributed by atoms with Gasteiger partial charge in [0.2, 0.25) is 0 Å². The molecule has 0 aliphatic carbocycles. The fourth-order valence-corrected chi connectivity index (χ4v) is 2.33. The Bertz CT molecular complexity index is 593. The number of nitrogens with zero attached hydrogens (tertiary/aromatic N) is 2. The molecule has 2 aromatic heterocycles. The van der Waals surface area contributed by atoms with Crippen molar-refractivity contribution in [3.8, 4) is 0 Å². The molecule has 0 radical (unpaired) electrons. The van der Waals surface area contributed by atoms with E-state index >= 15 is 0 Å². The van der Waals surface area contributed by atoms with Crippen LogP contribution in [0.5, 0.6) is 0 Å². The number of fused-ring (bicyclic) bond motifs is 1. The highest BCUT2D eigenvalue weighted by molar-refractivity contribution is 5.97. The molecule has 0 atom stereocenters. The molecule has 0 amide bonds. The van der Waals surface area contributed by atoms with Crippen molar-refractivity contribution in [1.82, 2.24) is 14.8 Å². The predicted molar refractivity (Wildman–Crippen MR) is 69.8 cm³/mol. The second-order valence-electron chi connectivity index (χ2n) is 4.73. The van der Waals surface area contributed by atoms with Gasteiger partial charge in [-0.2, -0.15) is 5.10 Å². The van der Waals surface area contributed by atoms with Gasteiger partial charge < -0.3 is 9.72 Å². The number of aromatic nitrogens is 3. The maximum absolute atomic E-state index is 11.8. The number of hydrogen-bond donors (Lipinski definition) is 1. The van der Waals surface area contributed by atoms with Crippen LogP contribution in [-0.4, -0.2) is 27.3 Å². The Morgan fingerprint density at radius 2 is 2.17 bits per heavy atom. The number of hydrogen-bond acceptors (Lipinski definition) is 3. The van der Waals surface area contributed by atoms with Crippen LogP contribution in [-0.2, 0) is 11.8 Å². The molecular formula is C13H19N3O2. The van der Waals surface area contributed by atoms with Crippen LogP contribution in [0.1, 0.15) is 48.4 Å². The van der Waals surface area contributed by atoms with Gasteiger partial charge in [0.05, 0.1) is 17.8 Å². The molecule has 5 nitrogen and oxygen atoms in total. The first-order valence-electron chi connectivity index (χ1n) is 6.19. The summed E-state index contributed by atoms with van der Waals surface area (Å²) in [5.41, 5.74) is 4.25. The van der Waals surface area contributed by atoms with Crippen LogP contribution in [0.4, 0.5) is 0 Å². The molecule has 0 aliphatic rings. The molecule has 0 bridgehead atoms. The summed E-state index contributed by atoms with van der Waals surface area (Å²) in [6.07, 6.45) is 0. The van der Waals surface area contributed by atoms with Gasteiger partial charge in [-0.1, -0.05) is 13.8 Å². The molecule has 2 heterocycles. The van der Waals surface area contributed by atoms with Gasteiger partial charge in [0.25, 0.3) is 0 Å². The molecule has 0 fully saturated rings. The monoisotopic (exact) mass is 249 g/mol. The minimum Gasteiger partial charge on any atom is -0.461 e. The first-order chi connectivity index (χ1) is 8.47. The van der Waals surface area contributed by atoms with Crippen LogP contribution in [0, 0.1) is 6.92 Å². The van der Waals surface area contributed by atoms with E-state index in [2.05, 4.69) is 23.9 Å². The van der Waals surface area contributed by atoms with Crippen LogP contribution in [0.15, 0.2) is 0 Å². The van der Waals surface area contributed by atoms with Crippen molar-refractivity contribution < 1.29 is 9.53 Å². The fraction of sp³-hybridized carbons (Fsp3) is 0.538. The third kappa shape index (κ3) is 1.79. The lowest BCUT2D eigenvalue weighted by Crippen LogP contribution is -2.07. The van der Waals surface area contributed by atoms with Gasteiger partial charge in [0.15, 0.2) is 0 Å². The Balaban J connectivity index is 2.60. The van der Waals surface area contributed by atoms with Gasteiger partial charge in [-0.15, -0.1) is 0 Å². The van der Waals surface area contributed by atoms with Crippen molar-refractivity contribution in [3.05, 3.63) is 17.0 Å². The number of aromatic amines is 1. The smallest absolute Gasteiger partial charge is 0.355 e. The zero-order valence-electron chi connectivity index (χ0n) is 11.5. The Morgan fingerprint density at radius 3 is 2.72 bits per heavy atom. The van der Waals surface area contributed by atoms with Gasteiger partial charge >= 0.3 is 5.97 Å². The van der Waals surface area contributed by atoms with Crippen molar-refractivity contribution in [2.24, 2.45) is 7.05 Å². The van der Waals surface area contributed by atoms with E-state index in [9.17, 15) is 4.79 Å². The molecule has 0 aliphatic heterocycles. The molecule has 1 N–H and O–H groups in total. The summed E-state index contributed by atoms with van der Waals surface area (Å²) in [4.78, 5) is 15.0. The summed E-state index contributed by atoms with van der Waals surface area (Å²) in [6.45, 7) is 8.28. The summed E-state index contributed by atoms with van der Waals surface area (Å²) in [5, 5.41) is 4.47. The lowest BCUT2D eigenvalue weighted by Gasteiger charge is -2.05. The number of rotatable bonds is 3. The van der Waals surface area contributed by atoms with Gasteiger partial charge in [0.1, 0.15) is 11.2 Å². The van der Waals surface area contributed by atoms with Crippen molar-refractivity contribution in [3.63, 3.8) is 0 Å². The van der Waals surface area contributed by atoms with Gasteiger partial charge in [-0.25, -0.2) is 4.79 Å². The summed E-state index contributed by atoms with van der Waals surface area (Å²) in [6, 6.07) is 0. The summed E-state index contributed by atoms with van der Waals surface area (Å²) in [5.74, 6) is 0.0263. The first kappa shape index (κ1) is 12.7. The number of carbonyl (C=O) groups excluding carboxylic acids is 1. The number of aryl methyl sites for hydroxylation is 2. The molecule has 0 spiro atoms. The molecule has 5 heteroatoms. The second-order valence-corrected chi connectivity index (χ2v) is 4.73. The van der Waals surface area contributed by atoms with E-state index in [1.165, 1.54) is 0 Å². The third-order valence-electron chi connectivity index (χ3n) is 3.10. The Kier molecular flexibility index (Phi) is 3.15. The number of esters is 1. The summed E-state index contributed by atoms with van der Waals surface area (Å²) >= 11 is 0. The molecule has 0 saturated carbocycles. The molecule has 18 heavy (non-hydrogen) atoms. The summed E-state index contributed by atoms with van der Waals surface area (Å²) < 4.78 is 6.90. The van der Waals surface area contributed by atoms with E-state index in [1.54, 1.807) is 6.92 Å². The minimum atomic E-state index is -0.314. The highest BCUT2D eigenvalue weighted by Crippen LogP contribution is 2.28. The number of carbonyl (C=O) groups is 1. The molecule has 2 rings (SSSR count). The zero-order valence-corrected chi connectivity index (χ0v) is 11.5. The maximum atomic E-state index is 11.8. The van der Waals surface area contributed by atoms with Gasteiger partial charge in [-0.05, 0) is 19.8 Å². The van der Waals surface area contributed by atoms with Crippen LogP contribution < -0.4 is 0 Å². The average molecular weight is 249 g/mol. The second kappa shape index (κ2) is 4.48. The molecule has 98 valence electrons. The van der Waals surface area contributed by atoms with Crippen LogP contribution >= 0.6 is 0 Å². The minimum absolute atomic E-state index is 0.314. The molecule has 0 aromatic carbocycles. The van der Waals surface area contributed by atoms with Crippen molar-refractivity contribution >= 4 is 17.0 Å². The highest BCUT2D eigenvalue weighted by atomic mass is 16.5. The van der Waals surface area contributed by atoms with Crippen LogP contribution in [0.2, 0.25) is 0 Å². The van der Waals surface area contributed by atoms with E-state index in [4.69, 9.17) is 4.74 Å². The molecule has 0 unspecified atom stereocenters. The lowest BCUT2D eigenvalue weighted by atomic mass is 10.1. The van der Waals surface area contributed by atoms with Crippen LogP contribution in [0.3, 0.4) is 0 Å². The molecule has 0 saturated heterocycles. The Morgan fingerprint density at radius 1 is 1.50 bits per heavy atom. The standard InChI is InChI=1S/C13H19N3O2/c1-6-18-13(17)10-8(4)9-11(14-10)12(7(2)3)16(5)15-9/h7,14H,6H2,1-5H3. The first-order valence-corrected chi connectivity index (χ1v) is 6.19. The highest BCUT2D eigenvalue weighted by Gasteiger charge is 2.22. The predicted octanol–water partition coefficient (Wildman–Crippen LogP) is 2.51.